The van der Waals surface area contributed by atoms with Crippen molar-refractivity contribution in [2.75, 3.05) is 6.54 Å². The first-order valence-corrected chi connectivity index (χ1v) is 6.68. The molecule has 0 aliphatic heterocycles. The number of pyridine rings is 1. The Hall–Kier alpha value is -0.950. The molecule has 2 aromatic rings. The van der Waals surface area contributed by atoms with Crippen molar-refractivity contribution in [3.63, 3.8) is 0 Å². The quantitative estimate of drug-likeness (QED) is 0.869. The smallest absolute Gasteiger partial charge is 0.153 e. The highest BCUT2D eigenvalue weighted by Crippen LogP contribution is 2.15. The van der Waals surface area contributed by atoms with Crippen LogP contribution in [-0.2, 0) is 0 Å². The molecule has 2 rings (SSSR count). The second kappa shape index (κ2) is 5.59. The Morgan fingerprint density at radius 2 is 2.35 bits per heavy atom. The van der Waals surface area contributed by atoms with E-state index in [1.54, 1.807) is 4.68 Å². The molecular formula is C12H15IN4. The fourth-order valence-corrected chi connectivity index (χ4v) is 2.07. The number of halogens is 1. The van der Waals surface area contributed by atoms with Gasteiger partial charge in [0.2, 0.25) is 0 Å². The number of rotatable bonds is 4. The molecule has 1 unspecified atom stereocenters. The Morgan fingerprint density at radius 1 is 1.53 bits per heavy atom. The van der Waals surface area contributed by atoms with Crippen LogP contribution in [0.5, 0.6) is 0 Å². The summed E-state index contributed by atoms with van der Waals surface area (Å²) in [6, 6.07) is 4.43. The summed E-state index contributed by atoms with van der Waals surface area (Å²) in [4.78, 5) is 4.33. The number of hydrogen-bond acceptors (Lipinski definition) is 3. The topological polar surface area (TPSA) is 42.7 Å². The zero-order valence-corrected chi connectivity index (χ0v) is 12.0. The maximum absolute atomic E-state index is 4.33. The van der Waals surface area contributed by atoms with Crippen LogP contribution >= 0.6 is 22.6 Å². The van der Waals surface area contributed by atoms with Crippen molar-refractivity contribution in [3.05, 3.63) is 39.9 Å². The first kappa shape index (κ1) is 12.5. The van der Waals surface area contributed by atoms with Crippen LogP contribution in [0.3, 0.4) is 0 Å². The highest BCUT2D eigenvalue weighted by molar-refractivity contribution is 14.1. The lowest BCUT2D eigenvalue weighted by Gasteiger charge is -2.13. The van der Waals surface area contributed by atoms with Crippen molar-refractivity contribution in [1.29, 1.82) is 0 Å². The minimum Gasteiger partial charge on any atom is -0.310 e. The molecule has 0 amide bonds. The van der Waals surface area contributed by atoms with Gasteiger partial charge in [0.15, 0.2) is 5.82 Å². The minimum absolute atomic E-state index is 0.330. The molecule has 0 radical (unpaired) electrons. The van der Waals surface area contributed by atoms with Crippen molar-refractivity contribution < 1.29 is 0 Å². The normalized spacial score (nSPS) is 12.6. The van der Waals surface area contributed by atoms with Gasteiger partial charge in [-0.15, -0.1) is 0 Å². The van der Waals surface area contributed by atoms with E-state index in [0.29, 0.717) is 6.04 Å². The third-order valence-electron chi connectivity index (χ3n) is 2.57. The largest absolute Gasteiger partial charge is 0.310 e. The second-order valence-corrected chi connectivity index (χ2v) is 5.08. The molecule has 1 N–H and O–H groups in total. The van der Waals surface area contributed by atoms with Gasteiger partial charge in [0.05, 0.1) is 9.77 Å². The molecule has 2 heterocycles. The zero-order chi connectivity index (χ0) is 12.3. The molecule has 0 saturated carbocycles. The molecule has 2 aromatic heterocycles. The average Bonchev–Trinajstić information content (AvgIpc) is 2.76. The van der Waals surface area contributed by atoms with Gasteiger partial charge in [-0.1, -0.05) is 6.92 Å². The first-order valence-electron chi connectivity index (χ1n) is 5.60. The van der Waals surface area contributed by atoms with Crippen LogP contribution in [0.2, 0.25) is 0 Å². The standard InChI is InChI=1S/C12H15IN4/c1-3-14-9(2)10-4-5-15-12(6-10)17-8-11(13)7-16-17/h4-9,14H,3H2,1-2H3. The molecular weight excluding hydrogens is 327 g/mol. The number of hydrogen-bond donors (Lipinski definition) is 1. The van der Waals surface area contributed by atoms with Gasteiger partial charge in [0.1, 0.15) is 0 Å². The first-order chi connectivity index (χ1) is 8.20. The van der Waals surface area contributed by atoms with Gasteiger partial charge in [-0.2, -0.15) is 5.10 Å². The molecule has 0 aromatic carbocycles. The van der Waals surface area contributed by atoms with Crippen LogP contribution in [0.4, 0.5) is 0 Å². The van der Waals surface area contributed by atoms with E-state index in [4.69, 9.17) is 0 Å². The SMILES string of the molecule is CCNC(C)c1ccnc(-n2cc(I)cn2)c1. The number of nitrogens with zero attached hydrogens (tertiary/aromatic N) is 3. The molecule has 0 bridgehead atoms. The Morgan fingerprint density at radius 3 is 3.00 bits per heavy atom. The van der Waals surface area contributed by atoms with Gasteiger partial charge in [-0.3, -0.25) is 0 Å². The maximum Gasteiger partial charge on any atom is 0.153 e. The molecule has 0 spiro atoms. The van der Waals surface area contributed by atoms with E-state index in [1.165, 1.54) is 5.56 Å². The predicted octanol–water partition coefficient (Wildman–Crippen LogP) is 2.54. The van der Waals surface area contributed by atoms with Crippen molar-refractivity contribution in [1.82, 2.24) is 20.1 Å². The Bertz CT molecular complexity index is 495. The minimum atomic E-state index is 0.330. The summed E-state index contributed by atoms with van der Waals surface area (Å²) in [7, 11) is 0. The van der Waals surface area contributed by atoms with Gasteiger partial charge in [-0.25, -0.2) is 9.67 Å². The van der Waals surface area contributed by atoms with E-state index in [0.717, 1.165) is 15.9 Å². The molecule has 0 saturated heterocycles. The van der Waals surface area contributed by atoms with Crippen LogP contribution in [-0.4, -0.2) is 21.3 Å². The van der Waals surface area contributed by atoms with Crippen LogP contribution in [0.1, 0.15) is 25.5 Å². The molecule has 0 fully saturated rings. The summed E-state index contributed by atoms with van der Waals surface area (Å²) < 4.78 is 2.90. The maximum atomic E-state index is 4.33. The fourth-order valence-electron chi connectivity index (χ4n) is 1.68. The molecule has 0 aliphatic rings. The molecule has 1 atom stereocenters. The fraction of sp³-hybridized carbons (Fsp3) is 0.333. The van der Waals surface area contributed by atoms with Crippen molar-refractivity contribution in [2.24, 2.45) is 0 Å². The van der Waals surface area contributed by atoms with Gasteiger partial charge in [0, 0.05) is 18.4 Å². The Kier molecular flexibility index (Phi) is 4.11. The summed E-state index contributed by atoms with van der Waals surface area (Å²) in [5.41, 5.74) is 1.22. The van der Waals surface area contributed by atoms with Crippen LogP contribution in [0, 0.1) is 3.57 Å². The van der Waals surface area contributed by atoms with Gasteiger partial charge >= 0.3 is 0 Å². The van der Waals surface area contributed by atoms with E-state index in [9.17, 15) is 0 Å². The van der Waals surface area contributed by atoms with Crippen molar-refractivity contribution in [2.45, 2.75) is 19.9 Å². The van der Waals surface area contributed by atoms with E-state index in [2.05, 4.69) is 57.9 Å². The summed E-state index contributed by atoms with van der Waals surface area (Å²) in [6.07, 6.45) is 5.61. The van der Waals surface area contributed by atoms with Gasteiger partial charge < -0.3 is 5.32 Å². The van der Waals surface area contributed by atoms with Crippen LogP contribution in [0.25, 0.3) is 5.82 Å². The lowest BCUT2D eigenvalue weighted by Crippen LogP contribution is -2.18. The van der Waals surface area contributed by atoms with Crippen LogP contribution < -0.4 is 5.32 Å². The van der Waals surface area contributed by atoms with E-state index >= 15 is 0 Å². The highest BCUT2D eigenvalue weighted by atomic mass is 127. The molecule has 17 heavy (non-hydrogen) atoms. The summed E-state index contributed by atoms with van der Waals surface area (Å²) >= 11 is 2.24. The van der Waals surface area contributed by atoms with E-state index < -0.39 is 0 Å². The zero-order valence-electron chi connectivity index (χ0n) is 9.89. The monoisotopic (exact) mass is 342 g/mol. The van der Waals surface area contributed by atoms with E-state index in [-0.39, 0.29) is 0 Å². The third kappa shape index (κ3) is 3.04. The molecule has 90 valence electrons. The molecule has 5 heteroatoms. The molecule has 4 nitrogen and oxygen atoms in total. The average molecular weight is 342 g/mol. The lowest BCUT2D eigenvalue weighted by atomic mass is 10.1. The third-order valence-corrected chi connectivity index (χ3v) is 3.12. The molecule has 0 aliphatic carbocycles. The van der Waals surface area contributed by atoms with Crippen molar-refractivity contribution in [3.8, 4) is 5.82 Å². The lowest BCUT2D eigenvalue weighted by molar-refractivity contribution is 0.596. The second-order valence-electron chi connectivity index (χ2n) is 3.83. The predicted molar refractivity (Wildman–Crippen MR) is 76.2 cm³/mol. The summed E-state index contributed by atoms with van der Waals surface area (Å²) in [6.45, 7) is 5.21. The van der Waals surface area contributed by atoms with Crippen LogP contribution in [0.15, 0.2) is 30.7 Å². The Balaban J connectivity index is 2.28. The summed E-state index contributed by atoms with van der Waals surface area (Å²) in [5.74, 6) is 0.857. The summed E-state index contributed by atoms with van der Waals surface area (Å²) in [5, 5.41) is 7.65. The Labute approximate surface area is 115 Å². The highest BCUT2D eigenvalue weighted by Gasteiger charge is 2.06. The number of nitrogens with one attached hydrogen (secondary N) is 1. The van der Waals surface area contributed by atoms with Crippen molar-refractivity contribution >= 4 is 22.6 Å². The van der Waals surface area contributed by atoms with E-state index in [1.807, 2.05) is 24.7 Å². The number of aromatic nitrogens is 3. The van der Waals surface area contributed by atoms with Gasteiger partial charge in [-0.05, 0) is 53.8 Å². The van der Waals surface area contributed by atoms with Gasteiger partial charge in [0.25, 0.3) is 0 Å².